The van der Waals surface area contributed by atoms with Crippen LogP contribution in [-0.4, -0.2) is 29.8 Å². The molecule has 3 rings (SSSR count). The van der Waals surface area contributed by atoms with Crippen molar-refractivity contribution in [2.24, 2.45) is 5.92 Å². The monoisotopic (exact) mass is 257 g/mol. The van der Waals surface area contributed by atoms with Crippen molar-refractivity contribution in [2.75, 3.05) is 7.05 Å². The van der Waals surface area contributed by atoms with Gasteiger partial charge in [0.2, 0.25) is 0 Å². The Bertz CT molecular complexity index is 451. The van der Waals surface area contributed by atoms with E-state index in [2.05, 4.69) is 43.1 Å². The highest BCUT2D eigenvalue weighted by Gasteiger charge is 2.40. The van der Waals surface area contributed by atoms with E-state index in [-0.39, 0.29) is 0 Å². The van der Waals surface area contributed by atoms with E-state index < -0.39 is 0 Å². The fourth-order valence-corrected chi connectivity index (χ4v) is 3.73. The molecule has 0 spiro atoms. The lowest BCUT2D eigenvalue weighted by molar-refractivity contribution is -0.124. The number of hydrogen-bond acceptors (Lipinski definition) is 2. The lowest BCUT2D eigenvalue weighted by atomic mass is 9.85. The number of carbonyl (C=O) groups excluding carboxylic acids is 1. The molecule has 0 N–H and O–H groups in total. The third-order valence-electron chi connectivity index (χ3n) is 5.05. The molecular weight excluding hydrogens is 234 g/mol. The maximum Gasteiger partial charge on any atom is 0.140 e. The van der Waals surface area contributed by atoms with Crippen molar-refractivity contribution >= 4 is 5.78 Å². The molecule has 0 aromatic heterocycles. The van der Waals surface area contributed by atoms with E-state index in [0.717, 1.165) is 12.8 Å². The van der Waals surface area contributed by atoms with Crippen LogP contribution in [0, 0.1) is 12.8 Å². The Kier molecular flexibility index (Phi) is 3.44. The van der Waals surface area contributed by atoms with Crippen LogP contribution in [0.2, 0.25) is 0 Å². The zero-order valence-electron chi connectivity index (χ0n) is 11.9. The van der Waals surface area contributed by atoms with E-state index in [0.29, 0.717) is 30.2 Å². The molecule has 1 aromatic carbocycles. The molecule has 0 radical (unpaired) electrons. The van der Waals surface area contributed by atoms with Gasteiger partial charge in [-0.25, -0.2) is 0 Å². The molecule has 1 aromatic rings. The lowest BCUT2D eigenvalue weighted by Gasteiger charge is -2.35. The molecule has 2 bridgehead atoms. The zero-order chi connectivity index (χ0) is 13.4. The van der Waals surface area contributed by atoms with Crippen molar-refractivity contribution in [3.05, 3.63) is 35.4 Å². The van der Waals surface area contributed by atoms with Crippen molar-refractivity contribution in [3.8, 4) is 0 Å². The normalized spacial score (nSPS) is 30.5. The molecule has 2 atom stereocenters. The molecule has 19 heavy (non-hydrogen) atoms. The van der Waals surface area contributed by atoms with E-state index in [9.17, 15) is 4.79 Å². The summed E-state index contributed by atoms with van der Waals surface area (Å²) in [5.41, 5.74) is 2.43. The molecule has 2 heteroatoms. The first kappa shape index (κ1) is 12.9. The van der Waals surface area contributed by atoms with Crippen LogP contribution in [0.1, 0.15) is 36.8 Å². The molecule has 2 saturated heterocycles. The number of rotatable bonds is 3. The summed E-state index contributed by atoms with van der Waals surface area (Å²) in [6, 6.07) is 9.70. The predicted molar refractivity (Wildman–Crippen MR) is 77.2 cm³/mol. The summed E-state index contributed by atoms with van der Waals surface area (Å²) >= 11 is 0. The van der Waals surface area contributed by atoms with Gasteiger partial charge in [0.25, 0.3) is 0 Å². The second kappa shape index (κ2) is 5.09. The number of Topliss-reactive ketones (excluding diaryl/α,β-unsaturated/α-hetero) is 1. The standard InChI is InChI=1S/C17H23NO/c1-12-3-5-13(6-4-12)9-17(19)14-10-15-7-8-16(11-14)18(15)2/h3-6,14-16H,7-11H2,1-2H3. The third-order valence-corrected chi connectivity index (χ3v) is 5.05. The molecule has 2 heterocycles. The topological polar surface area (TPSA) is 20.3 Å². The van der Waals surface area contributed by atoms with Crippen LogP contribution >= 0.6 is 0 Å². The van der Waals surface area contributed by atoms with Crippen LogP contribution in [-0.2, 0) is 11.2 Å². The molecule has 0 amide bonds. The maximum absolute atomic E-state index is 12.5. The fourth-order valence-electron chi connectivity index (χ4n) is 3.73. The van der Waals surface area contributed by atoms with E-state index in [4.69, 9.17) is 0 Å². The molecule has 2 fully saturated rings. The Balaban J connectivity index is 1.64. The lowest BCUT2D eigenvalue weighted by Crippen LogP contribution is -2.42. The van der Waals surface area contributed by atoms with Gasteiger partial charge in [-0.3, -0.25) is 4.79 Å². The predicted octanol–water partition coefficient (Wildman–Crippen LogP) is 2.98. The number of carbonyl (C=O) groups is 1. The van der Waals surface area contributed by atoms with Crippen LogP contribution in [0.3, 0.4) is 0 Å². The zero-order valence-corrected chi connectivity index (χ0v) is 11.9. The Labute approximate surface area is 115 Å². The van der Waals surface area contributed by atoms with Gasteiger partial charge in [0.15, 0.2) is 0 Å². The maximum atomic E-state index is 12.5. The van der Waals surface area contributed by atoms with Crippen LogP contribution in [0.25, 0.3) is 0 Å². The first-order valence-electron chi connectivity index (χ1n) is 7.43. The Morgan fingerprint density at radius 2 is 1.74 bits per heavy atom. The second-order valence-corrected chi connectivity index (χ2v) is 6.35. The van der Waals surface area contributed by atoms with Gasteiger partial charge in [-0.1, -0.05) is 29.8 Å². The molecule has 0 aliphatic carbocycles. The van der Waals surface area contributed by atoms with E-state index in [1.165, 1.54) is 24.0 Å². The van der Waals surface area contributed by atoms with Crippen LogP contribution in [0.4, 0.5) is 0 Å². The van der Waals surface area contributed by atoms with Crippen LogP contribution < -0.4 is 0 Å². The van der Waals surface area contributed by atoms with Gasteiger partial charge in [0.05, 0.1) is 0 Å². The highest BCUT2D eigenvalue weighted by atomic mass is 16.1. The summed E-state index contributed by atoms with van der Waals surface area (Å²) < 4.78 is 0. The molecule has 102 valence electrons. The van der Waals surface area contributed by atoms with E-state index >= 15 is 0 Å². The Morgan fingerprint density at radius 1 is 1.16 bits per heavy atom. The minimum Gasteiger partial charge on any atom is -0.300 e. The van der Waals surface area contributed by atoms with Gasteiger partial charge in [0.1, 0.15) is 5.78 Å². The number of aryl methyl sites for hydroxylation is 1. The van der Waals surface area contributed by atoms with Gasteiger partial charge in [0, 0.05) is 24.4 Å². The molecular formula is C17H23NO. The van der Waals surface area contributed by atoms with Crippen LogP contribution in [0.15, 0.2) is 24.3 Å². The van der Waals surface area contributed by atoms with Crippen molar-refractivity contribution in [1.82, 2.24) is 4.90 Å². The van der Waals surface area contributed by atoms with Crippen molar-refractivity contribution < 1.29 is 4.79 Å². The van der Waals surface area contributed by atoms with Gasteiger partial charge >= 0.3 is 0 Å². The molecule has 2 aliphatic heterocycles. The summed E-state index contributed by atoms with van der Waals surface area (Å²) in [4.78, 5) is 15.0. The average molecular weight is 257 g/mol. The Hall–Kier alpha value is -1.15. The minimum atomic E-state index is 0.301. The second-order valence-electron chi connectivity index (χ2n) is 6.35. The SMILES string of the molecule is Cc1ccc(CC(=O)C2CC3CCC(C2)N3C)cc1. The molecule has 2 nitrogen and oxygen atoms in total. The average Bonchev–Trinajstić information content (AvgIpc) is 2.64. The number of benzene rings is 1. The summed E-state index contributed by atoms with van der Waals surface area (Å²) in [5.74, 6) is 0.754. The fraction of sp³-hybridized carbons (Fsp3) is 0.588. The summed E-state index contributed by atoms with van der Waals surface area (Å²) in [6.07, 6.45) is 5.36. The number of nitrogens with zero attached hydrogens (tertiary/aromatic N) is 1. The van der Waals surface area contributed by atoms with Gasteiger partial charge < -0.3 is 4.90 Å². The highest BCUT2D eigenvalue weighted by Crippen LogP contribution is 2.38. The van der Waals surface area contributed by atoms with Gasteiger partial charge in [-0.2, -0.15) is 0 Å². The quantitative estimate of drug-likeness (QED) is 0.829. The Morgan fingerprint density at radius 3 is 2.32 bits per heavy atom. The first-order chi connectivity index (χ1) is 9.13. The van der Waals surface area contributed by atoms with E-state index in [1.54, 1.807) is 0 Å². The summed E-state index contributed by atoms with van der Waals surface area (Å²) in [6.45, 7) is 2.08. The highest BCUT2D eigenvalue weighted by molar-refractivity contribution is 5.83. The van der Waals surface area contributed by atoms with Crippen molar-refractivity contribution in [1.29, 1.82) is 0 Å². The summed E-state index contributed by atoms with van der Waals surface area (Å²) in [7, 11) is 2.23. The first-order valence-corrected chi connectivity index (χ1v) is 7.43. The van der Waals surface area contributed by atoms with E-state index in [1.807, 2.05) is 0 Å². The smallest absolute Gasteiger partial charge is 0.140 e. The molecule has 2 unspecified atom stereocenters. The number of piperidine rings is 1. The van der Waals surface area contributed by atoms with Gasteiger partial charge in [-0.05, 0) is 45.2 Å². The summed E-state index contributed by atoms with van der Waals surface area (Å²) in [5, 5.41) is 0. The number of ketones is 1. The number of hydrogen-bond donors (Lipinski definition) is 0. The van der Waals surface area contributed by atoms with Crippen LogP contribution in [0.5, 0.6) is 0 Å². The molecule has 0 saturated carbocycles. The largest absolute Gasteiger partial charge is 0.300 e. The molecule has 2 aliphatic rings. The van der Waals surface area contributed by atoms with Crippen molar-refractivity contribution in [3.63, 3.8) is 0 Å². The van der Waals surface area contributed by atoms with Crippen molar-refractivity contribution in [2.45, 2.75) is 51.1 Å². The minimum absolute atomic E-state index is 0.301. The third kappa shape index (κ3) is 2.59. The van der Waals surface area contributed by atoms with Gasteiger partial charge in [-0.15, -0.1) is 0 Å². The number of fused-ring (bicyclic) bond motifs is 2.